The Morgan fingerprint density at radius 2 is 2.05 bits per heavy atom. The summed E-state index contributed by atoms with van der Waals surface area (Å²) in [7, 11) is 0. The van der Waals surface area contributed by atoms with Gasteiger partial charge in [-0.25, -0.2) is 9.48 Å². The van der Waals surface area contributed by atoms with Gasteiger partial charge in [0.05, 0.1) is 5.69 Å². The van der Waals surface area contributed by atoms with Gasteiger partial charge < -0.3 is 5.11 Å². The first-order valence-electron chi connectivity index (χ1n) is 6.93. The Balaban J connectivity index is 2.56. The number of aromatic nitrogens is 2. The van der Waals surface area contributed by atoms with E-state index in [0.717, 1.165) is 29.8 Å². The van der Waals surface area contributed by atoms with Gasteiger partial charge in [-0.1, -0.05) is 39.0 Å². The first-order valence-corrected chi connectivity index (χ1v) is 6.93. The van der Waals surface area contributed by atoms with Crippen molar-refractivity contribution in [1.29, 1.82) is 0 Å². The Kier molecular flexibility index (Phi) is 4.23. The van der Waals surface area contributed by atoms with Gasteiger partial charge in [0.2, 0.25) is 0 Å². The van der Waals surface area contributed by atoms with Crippen LogP contribution in [0.3, 0.4) is 0 Å². The monoisotopic (exact) mass is 272 g/mol. The van der Waals surface area contributed by atoms with E-state index in [4.69, 9.17) is 5.11 Å². The van der Waals surface area contributed by atoms with Crippen molar-refractivity contribution >= 4 is 5.97 Å². The highest BCUT2D eigenvalue weighted by Gasteiger charge is 2.16. The average molecular weight is 272 g/mol. The van der Waals surface area contributed by atoms with E-state index in [9.17, 15) is 4.79 Å². The Labute approximate surface area is 119 Å². The lowest BCUT2D eigenvalue weighted by Crippen LogP contribution is -2.08. The fourth-order valence-electron chi connectivity index (χ4n) is 2.31. The second-order valence-electron chi connectivity index (χ2n) is 5.32. The molecule has 0 atom stereocenters. The van der Waals surface area contributed by atoms with Gasteiger partial charge in [0, 0.05) is 5.69 Å². The average Bonchev–Trinajstić information content (AvgIpc) is 2.81. The summed E-state index contributed by atoms with van der Waals surface area (Å²) in [6.07, 6.45) is 1.69. The van der Waals surface area contributed by atoms with Crippen LogP contribution in [0.1, 0.15) is 42.5 Å². The second kappa shape index (κ2) is 5.90. The summed E-state index contributed by atoms with van der Waals surface area (Å²) in [6, 6.07) is 9.66. The van der Waals surface area contributed by atoms with E-state index < -0.39 is 5.97 Å². The van der Waals surface area contributed by atoms with Crippen molar-refractivity contribution in [3.05, 3.63) is 47.3 Å². The molecule has 0 aliphatic heterocycles. The standard InChI is InChI=1S/C16H20N2O2/c1-4-12-7-5-6-8-15(12)18-13(9-11(2)3)10-14(17-18)16(19)20/h5-8,10-11H,4,9H2,1-3H3,(H,19,20). The molecule has 0 saturated heterocycles. The third-order valence-corrected chi connectivity index (χ3v) is 3.22. The predicted molar refractivity (Wildman–Crippen MR) is 78.4 cm³/mol. The molecule has 0 aliphatic carbocycles. The minimum absolute atomic E-state index is 0.103. The molecule has 0 saturated carbocycles. The number of para-hydroxylation sites is 1. The summed E-state index contributed by atoms with van der Waals surface area (Å²) in [6.45, 7) is 6.32. The molecule has 0 spiro atoms. The molecule has 4 heteroatoms. The zero-order chi connectivity index (χ0) is 14.7. The van der Waals surface area contributed by atoms with Crippen molar-refractivity contribution < 1.29 is 9.90 Å². The first kappa shape index (κ1) is 14.3. The van der Waals surface area contributed by atoms with Gasteiger partial charge >= 0.3 is 5.97 Å². The number of aryl methyl sites for hydroxylation is 1. The quantitative estimate of drug-likeness (QED) is 0.908. The molecular formula is C16H20N2O2. The molecule has 20 heavy (non-hydrogen) atoms. The number of hydrogen-bond acceptors (Lipinski definition) is 2. The van der Waals surface area contributed by atoms with Crippen LogP contribution in [0, 0.1) is 5.92 Å². The molecule has 4 nitrogen and oxygen atoms in total. The maximum Gasteiger partial charge on any atom is 0.356 e. The highest BCUT2D eigenvalue weighted by Crippen LogP contribution is 2.20. The third kappa shape index (κ3) is 2.90. The highest BCUT2D eigenvalue weighted by atomic mass is 16.4. The number of benzene rings is 1. The molecule has 0 aliphatic rings. The van der Waals surface area contributed by atoms with Crippen molar-refractivity contribution in [3.8, 4) is 5.69 Å². The van der Waals surface area contributed by atoms with Crippen LogP contribution >= 0.6 is 0 Å². The number of carboxylic acid groups (broad SMARTS) is 1. The maximum absolute atomic E-state index is 11.2. The molecule has 2 rings (SSSR count). The van der Waals surface area contributed by atoms with Gasteiger partial charge in [0.15, 0.2) is 5.69 Å². The molecular weight excluding hydrogens is 252 g/mol. The summed E-state index contributed by atoms with van der Waals surface area (Å²) in [5.41, 5.74) is 3.18. The van der Waals surface area contributed by atoms with Gasteiger partial charge in [-0.2, -0.15) is 5.10 Å². The number of carboxylic acids is 1. The van der Waals surface area contributed by atoms with Crippen molar-refractivity contribution in [1.82, 2.24) is 9.78 Å². The summed E-state index contributed by atoms with van der Waals surface area (Å²) >= 11 is 0. The van der Waals surface area contributed by atoms with E-state index in [2.05, 4.69) is 31.9 Å². The fraction of sp³-hybridized carbons (Fsp3) is 0.375. The minimum atomic E-state index is -0.984. The Bertz CT molecular complexity index is 615. The SMILES string of the molecule is CCc1ccccc1-n1nc(C(=O)O)cc1CC(C)C. The van der Waals surface area contributed by atoms with Crippen LogP contribution in [0.15, 0.2) is 30.3 Å². The number of carbonyl (C=O) groups is 1. The number of nitrogens with zero attached hydrogens (tertiary/aromatic N) is 2. The fourth-order valence-corrected chi connectivity index (χ4v) is 2.31. The van der Waals surface area contributed by atoms with Gasteiger partial charge in [0.25, 0.3) is 0 Å². The molecule has 1 aromatic heterocycles. The molecule has 0 bridgehead atoms. The van der Waals surface area contributed by atoms with Gasteiger partial charge in [-0.05, 0) is 36.5 Å². The van der Waals surface area contributed by atoms with Crippen LogP contribution in [-0.2, 0) is 12.8 Å². The van der Waals surface area contributed by atoms with Crippen molar-refractivity contribution in [2.45, 2.75) is 33.6 Å². The summed E-state index contributed by atoms with van der Waals surface area (Å²) < 4.78 is 1.78. The van der Waals surface area contributed by atoms with E-state index in [1.165, 1.54) is 0 Å². The summed E-state index contributed by atoms with van der Waals surface area (Å²) in [4.78, 5) is 11.2. The number of aromatic carboxylic acids is 1. The van der Waals surface area contributed by atoms with E-state index >= 15 is 0 Å². The first-order chi connectivity index (χ1) is 9.52. The van der Waals surface area contributed by atoms with E-state index in [1.54, 1.807) is 10.7 Å². The van der Waals surface area contributed by atoms with Gasteiger partial charge in [-0.15, -0.1) is 0 Å². The highest BCUT2D eigenvalue weighted by molar-refractivity contribution is 5.85. The smallest absolute Gasteiger partial charge is 0.356 e. The molecule has 0 radical (unpaired) electrons. The van der Waals surface area contributed by atoms with Crippen LogP contribution < -0.4 is 0 Å². The third-order valence-electron chi connectivity index (χ3n) is 3.22. The minimum Gasteiger partial charge on any atom is -0.476 e. The largest absolute Gasteiger partial charge is 0.476 e. The Morgan fingerprint density at radius 3 is 2.65 bits per heavy atom. The van der Waals surface area contributed by atoms with Crippen molar-refractivity contribution in [3.63, 3.8) is 0 Å². The van der Waals surface area contributed by atoms with E-state index in [-0.39, 0.29) is 5.69 Å². The van der Waals surface area contributed by atoms with Crippen LogP contribution in [0.5, 0.6) is 0 Å². The predicted octanol–water partition coefficient (Wildman–Crippen LogP) is 3.33. The molecule has 1 N–H and O–H groups in total. The molecule has 106 valence electrons. The Morgan fingerprint density at radius 1 is 1.35 bits per heavy atom. The molecule has 2 aromatic rings. The topological polar surface area (TPSA) is 55.1 Å². The van der Waals surface area contributed by atoms with E-state index in [0.29, 0.717) is 5.92 Å². The number of hydrogen-bond donors (Lipinski definition) is 1. The van der Waals surface area contributed by atoms with Crippen LogP contribution in [0.4, 0.5) is 0 Å². The molecule has 1 heterocycles. The summed E-state index contributed by atoms with van der Waals surface area (Å²) in [5.74, 6) is -0.538. The maximum atomic E-state index is 11.2. The normalized spacial score (nSPS) is 11.0. The van der Waals surface area contributed by atoms with Gasteiger partial charge in [-0.3, -0.25) is 0 Å². The van der Waals surface area contributed by atoms with E-state index in [1.807, 2.05) is 18.2 Å². The van der Waals surface area contributed by atoms with Crippen LogP contribution in [0.2, 0.25) is 0 Å². The zero-order valence-corrected chi connectivity index (χ0v) is 12.1. The molecule has 1 aromatic carbocycles. The van der Waals surface area contributed by atoms with Crippen LogP contribution in [-0.4, -0.2) is 20.9 Å². The molecule has 0 unspecified atom stereocenters. The van der Waals surface area contributed by atoms with Gasteiger partial charge in [0.1, 0.15) is 0 Å². The van der Waals surface area contributed by atoms with Crippen molar-refractivity contribution in [2.75, 3.05) is 0 Å². The summed E-state index contributed by atoms with van der Waals surface area (Å²) in [5, 5.41) is 13.4. The van der Waals surface area contributed by atoms with Crippen molar-refractivity contribution in [2.24, 2.45) is 5.92 Å². The lowest BCUT2D eigenvalue weighted by atomic mass is 10.1. The lowest BCUT2D eigenvalue weighted by Gasteiger charge is -2.12. The van der Waals surface area contributed by atoms with Crippen LogP contribution in [0.25, 0.3) is 5.69 Å². The second-order valence-corrected chi connectivity index (χ2v) is 5.32. The Hall–Kier alpha value is -2.10. The number of rotatable bonds is 5. The zero-order valence-electron chi connectivity index (χ0n) is 12.1. The molecule has 0 fully saturated rings. The molecule has 0 amide bonds. The lowest BCUT2D eigenvalue weighted by molar-refractivity contribution is 0.0690.